The third-order valence-corrected chi connectivity index (χ3v) is 4.61. The molecule has 0 aromatic carbocycles. The van der Waals surface area contributed by atoms with E-state index in [2.05, 4.69) is 11.9 Å². The number of hydrogen-bond acceptors (Lipinski definition) is 5. The molecular formula is C16H13NO3S. The zero-order valence-corrected chi connectivity index (χ0v) is 12.2. The summed E-state index contributed by atoms with van der Waals surface area (Å²) in [6.45, 7) is 2.21. The van der Waals surface area contributed by atoms with Gasteiger partial charge in [-0.05, 0) is 35.9 Å². The summed E-state index contributed by atoms with van der Waals surface area (Å²) in [5.74, 6) is 2.78. The topological polar surface area (TPSA) is 51.8 Å². The molecule has 1 fully saturated rings. The molecule has 0 unspecified atom stereocenters. The number of carbonyl (C=O) groups excluding carboxylic acids is 1. The lowest BCUT2D eigenvalue weighted by Gasteiger charge is -1.92. The van der Waals surface area contributed by atoms with Crippen LogP contribution in [0.2, 0.25) is 0 Å². The van der Waals surface area contributed by atoms with Crippen LogP contribution in [0.4, 0.5) is 0 Å². The number of carbonyl (C=O) groups is 1. The molecule has 0 spiro atoms. The van der Waals surface area contributed by atoms with Crippen molar-refractivity contribution >= 4 is 29.3 Å². The zero-order valence-electron chi connectivity index (χ0n) is 11.4. The number of aliphatic imine (C=N–C) groups is 1. The first-order valence-electron chi connectivity index (χ1n) is 6.87. The van der Waals surface area contributed by atoms with Crippen LogP contribution in [0.25, 0.3) is 6.08 Å². The predicted octanol–water partition coefficient (Wildman–Crippen LogP) is 3.81. The minimum Gasteiger partial charge on any atom is -0.461 e. The smallest absolute Gasteiger partial charge is 0.363 e. The van der Waals surface area contributed by atoms with Crippen molar-refractivity contribution < 1.29 is 13.9 Å². The van der Waals surface area contributed by atoms with E-state index in [1.165, 1.54) is 17.8 Å². The van der Waals surface area contributed by atoms with E-state index in [-0.39, 0.29) is 5.70 Å². The molecule has 4 nitrogen and oxygen atoms in total. The lowest BCUT2D eigenvalue weighted by molar-refractivity contribution is -0.129. The number of esters is 1. The highest BCUT2D eigenvalue weighted by Crippen LogP contribution is 2.47. The molecule has 3 heterocycles. The normalized spacial score (nSPS) is 26.0. The Bertz CT molecular complexity index is 754. The Hall–Kier alpha value is -2.14. The first-order valence-corrected chi connectivity index (χ1v) is 7.75. The Kier molecular flexibility index (Phi) is 2.82. The fourth-order valence-corrected chi connectivity index (χ4v) is 3.06. The maximum absolute atomic E-state index is 11.8. The van der Waals surface area contributed by atoms with Crippen LogP contribution in [0, 0.1) is 5.92 Å². The van der Waals surface area contributed by atoms with E-state index in [9.17, 15) is 4.79 Å². The van der Waals surface area contributed by atoms with Gasteiger partial charge < -0.3 is 9.15 Å². The van der Waals surface area contributed by atoms with Crippen LogP contribution in [0.15, 0.2) is 44.8 Å². The molecule has 2 aromatic rings. The van der Waals surface area contributed by atoms with Gasteiger partial charge in [0.2, 0.25) is 5.90 Å². The van der Waals surface area contributed by atoms with Gasteiger partial charge in [0.05, 0.1) is 4.88 Å². The minimum atomic E-state index is -0.434. The van der Waals surface area contributed by atoms with E-state index in [4.69, 9.17) is 9.15 Å². The van der Waals surface area contributed by atoms with Crippen molar-refractivity contribution in [1.82, 2.24) is 0 Å². The van der Waals surface area contributed by atoms with Gasteiger partial charge >= 0.3 is 5.97 Å². The number of ether oxygens (including phenoxy) is 1. The molecule has 2 aliphatic rings. The van der Waals surface area contributed by atoms with Gasteiger partial charge in [0.15, 0.2) is 5.70 Å². The van der Waals surface area contributed by atoms with Crippen LogP contribution in [0.1, 0.15) is 35.7 Å². The van der Waals surface area contributed by atoms with E-state index in [1.54, 1.807) is 6.08 Å². The number of nitrogens with zero attached hydrogens (tertiary/aromatic N) is 1. The first kappa shape index (κ1) is 12.6. The molecule has 0 radical (unpaired) electrons. The number of rotatable bonds is 3. The fraction of sp³-hybridized carbons (Fsp3) is 0.250. The Morgan fingerprint density at radius 1 is 1.38 bits per heavy atom. The summed E-state index contributed by atoms with van der Waals surface area (Å²) in [7, 11) is 0. The average Bonchev–Trinajstić information content (AvgIpc) is 2.96. The van der Waals surface area contributed by atoms with Crippen molar-refractivity contribution in [2.24, 2.45) is 10.9 Å². The highest BCUT2D eigenvalue weighted by molar-refractivity contribution is 7.12. The summed E-state index contributed by atoms with van der Waals surface area (Å²) in [5.41, 5.74) is 0.281. The van der Waals surface area contributed by atoms with Crippen LogP contribution in [0.3, 0.4) is 0 Å². The lowest BCUT2D eigenvalue weighted by Crippen LogP contribution is -2.03. The van der Waals surface area contributed by atoms with Gasteiger partial charge in [0.25, 0.3) is 0 Å². The number of cyclic esters (lactones) is 1. The van der Waals surface area contributed by atoms with Crippen molar-refractivity contribution in [1.29, 1.82) is 0 Å². The van der Waals surface area contributed by atoms with Gasteiger partial charge in [-0.2, -0.15) is 0 Å². The molecule has 4 rings (SSSR count). The zero-order chi connectivity index (χ0) is 14.4. The van der Waals surface area contributed by atoms with E-state index in [0.717, 1.165) is 10.6 Å². The molecule has 106 valence electrons. The molecule has 0 amide bonds. The van der Waals surface area contributed by atoms with Crippen LogP contribution in [-0.2, 0) is 9.53 Å². The Morgan fingerprint density at radius 2 is 2.24 bits per heavy atom. The van der Waals surface area contributed by atoms with Gasteiger partial charge in [-0.1, -0.05) is 13.0 Å². The summed E-state index contributed by atoms with van der Waals surface area (Å²) < 4.78 is 10.9. The van der Waals surface area contributed by atoms with Crippen molar-refractivity contribution in [2.45, 2.75) is 19.3 Å². The molecule has 21 heavy (non-hydrogen) atoms. The largest absolute Gasteiger partial charge is 0.461 e. The van der Waals surface area contributed by atoms with Crippen LogP contribution < -0.4 is 0 Å². The standard InChI is InChI=1S/C16H13NO3S/c1-9-7-11(9)13-5-4-10(19-13)8-12-16(18)20-15(17-12)14-3-2-6-21-14/h2-6,8-9,11H,7H2,1H3/b12-8-/t9-,11+/m1/s1. The SMILES string of the molecule is C[C@@H]1C[C@@H]1c1ccc(/C=C2\N=C(c3cccs3)OC2=O)o1. The molecule has 1 aliphatic heterocycles. The summed E-state index contributed by atoms with van der Waals surface area (Å²) >= 11 is 1.49. The molecule has 5 heteroatoms. The van der Waals surface area contributed by atoms with E-state index in [1.807, 2.05) is 29.6 Å². The van der Waals surface area contributed by atoms with Gasteiger partial charge in [0, 0.05) is 12.0 Å². The monoisotopic (exact) mass is 299 g/mol. The Labute approximate surface area is 125 Å². The second kappa shape index (κ2) is 4.70. The van der Waals surface area contributed by atoms with Crippen LogP contribution in [0.5, 0.6) is 0 Å². The Balaban J connectivity index is 1.60. The van der Waals surface area contributed by atoms with Crippen molar-refractivity contribution in [2.75, 3.05) is 0 Å². The van der Waals surface area contributed by atoms with Gasteiger partial charge in [-0.25, -0.2) is 9.79 Å². The van der Waals surface area contributed by atoms with Gasteiger partial charge in [-0.3, -0.25) is 0 Å². The van der Waals surface area contributed by atoms with Crippen molar-refractivity contribution in [3.63, 3.8) is 0 Å². The average molecular weight is 299 g/mol. The van der Waals surface area contributed by atoms with Gasteiger partial charge in [0.1, 0.15) is 11.5 Å². The first-order chi connectivity index (χ1) is 10.2. The number of hydrogen-bond donors (Lipinski definition) is 0. The highest BCUT2D eigenvalue weighted by Gasteiger charge is 2.36. The molecule has 0 saturated heterocycles. The maximum atomic E-state index is 11.8. The Morgan fingerprint density at radius 3 is 2.95 bits per heavy atom. The van der Waals surface area contributed by atoms with E-state index in [0.29, 0.717) is 23.5 Å². The van der Waals surface area contributed by atoms with Crippen molar-refractivity contribution in [3.8, 4) is 0 Å². The highest BCUT2D eigenvalue weighted by atomic mass is 32.1. The predicted molar refractivity (Wildman–Crippen MR) is 80.2 cm³/mol. The lowest BCUT2D eigenvalue weighted by atomic mass is 10.3. The molecule has 1 saturated carbocycles. The fourth-order valence-electron chi connectivity index (χ4n) is 2.41. The van der Waals surface area contributed by atoms with Gasteiger partial charge in [-0.15, -0.1) is 11.3 Å². The van der Waals surface area contributed by atoms with Crippen molar-refractivity contribution in [3.05, 3.63) is 51.7 Å². The summed E-state index contributed by atoms with van der Waals surface area (Å²) in [6, 6.07) is 7.62. The molecule has 0 N–H and O–H groups in total. The maximum Gasteiger partial charge on any atom is 0.363 e. The number of furan rings is 1. The minimum absolute atomic E-state index is 0.281. The number of thiophene rings is 1. The third kappa shape index (κ3) is 2.34. The second-order valence-corrected chi connectivity index (χ2v) is 6.32. The summed E-state index contributed by atoms with van der Waals surface area (Å²) in [4.78, 5) is 16.9. The van der Waals surface area contributed by atoms with Crippen LogP contribution in [-0.4, -0.2) is 11.9 Å². The van der Waals surface area contributed by atoms with Crippen LogP contribution >= 0.6 is 11.3 Å². The van der Waals surface area contributed by atoms with E-state index < -0.39 is 5.97 Å². The molecule has 1 aliphatic carbocycles. The molecule has 2 aromatic heterocycles. The molecular weight excluding hydrogens is 286 g/mol. The summed E-state index contributed by atoms with van der Waals surface area (Å²) in [5, 5.41) is 1.92. The third-order valence-electron chi connectivity index (χ3n) is 3.75. The summed E-state index contributed by atoms with van der Waals surface area (Å²) in [6.07, 6.45) is 2.81. The quantitative estimate of drug-likeness (QED) is 0.639. The molecule has 2 atom stereocenters. The van der Waals surface area contributed by atoms with E-state index >= 15 is 0 Å². The second-order valence-electron chi connectivity index (χ2n) is 5.37. The molecule has 0 bridgehead atoms.